The smallest absolute Gasteiger partial charge is 0.254 e. The molecule has 0 aliphatic carbocycles. The van der Waals surface area contributed by atoms with Gasteiger partial charge in [0.15, 0.2) is 11.5 Å². The van der Waals surface area contributed by atoms with Gasteiger partial charge in [-0.2, -0.15) is 0 Å². The summed E-state index contributed by atoms with van der Waals surface area (Å²) >= 11 is 1.68. The van der Waals surface area contributed by atoms with E-state index in [9.17, 15) is 4.79 Å². The Kier molecular flexibility index (Phi) is 6.01. The highest BCUT2D eigenvalue weighted by Crippen LogP contribution is 2.39. The molecule has 2 aliphatic rings. The lowest BCUT2D eigenvalue weighted by Crippen LogP contribution is -2.36. The molecular weight excluding hydrogens is 424 g/mol. The zero-order valence-corrected chi connectivity index (χ0v) is 18.9. The maximum absolute atomic E-state index is 13.3. The molecule has 32 heavy (non-hydrogen) atoms. The van der Waals surface area contributed by atoms with Crippen molar-refractivity contribution in [2.75, 3.05) is 51.5 Å². The minimum absolute atomic E-state index is 0.00970. The fourth-order valence-electron chi connectivity index (χ4n) is 4.21. The van der Waals surface area contributed by atoms with Crippen molar-refractivity contribution in [2.24, 2.45) is 0 Å². The van der Waals surface area contributed by atoms with Gasteiger partial charge in [-0.3, -0.25) is 4.79 Å². The SMILES string of the molecule is COc1cc(-c2cccs2)cc2c1OCCN(C(=O)c1ccc(N3CCOCC3)cc1)C2. The number of thiophene rings is 1. The lowest BCUT2D eigenvalue weighted by molar-refractivity contribution is 0.0733. The summed E-state index contributed by atoms with van der Waals surface area (Å²) in [4.78, 5) is 18.6. The summed E-state index contributed by atoms with van der Waals surface area (Å²) in [5.41, 5.74) is 3.85. The Morgan fingerprint density at radius 1 is 1.03 bits per heavy atom. The van der Waals surface area contributed by atoms with E-state index in [2.05, 4.69) is 22.4 Å². The predicted molar refractivity (Wildman–Crippen MR) is 126 cm³/mol. The number of hydrogen-bond donors (Lipinski definition) is 0. The predicted octanol–water partition coefficient (Wildman–Crippen LogP) is 4.30. The second-order valence-corrected chi connectivity index (χ2v) is 8.81. The molecule has 0 atom stereocenters. The maximum Gasteiger partial charge on any atom is 0.254 e. The highest BCUT2D eigenvalue weighted by molar-refractivity contribution is 7.13. The number of benzene rings is 2. The van der Waals surface area contributed by atoms with E-state index in [0.29, 0.717) is 31.0 Å². The highest BCUT2D eigenvalue weighted by Gasteiger charge is 2.24. The lowest BCUT2D eigenvalue weighted by Gasteiger charge is -2.29. The van der Waals surface area contributed by atoms with Crippen LogP contribution in [0.1, 0.15) is 15.9 Å². The van der Waals surface area contributed by atoms with Crippen molar-refractivity contribution in [3.05, 3.63) is 65.0 Å². The Bertz CT molecular complexity index is 1080. The summed E-state index contributed by atoms with van der Waals surface area (Å²) < 4.78 is 17.1. The van der Waals surface area contributed by atoms with Crippen LogP contribution in [-0.2, 0) is 11.3 Å². The van der Waals surface area contributed by atoms with Crippen molar-refractivity contribution < 1.29 is 19.0 Å². The minimum atomic E-state index is 0.00970. The molecule has 0 bridgehead atoms. The molecule has 1 saturated heterocycles. The monoisotopic (exact) mass is 450 g/mol. The van der Waals surface area contributed by atoms with E-state index in [1.54, 1.807) is 18.4 Å². The summed E-state index contributed by atoms with van der Waals surface area (Å²) in [7, 11) is 1.65. The largest absolute Gasteiger partial charge is 0.493 e. The van der Waals surface area contributed by atoms with E-state index >= 15 is 0 Å². The van der Waals surface area contributed by atoms with Gasteiger partial charge in [0.25, 0.3) is 5.91 Å². The van der Waals surface area contributed by atoms with Gasteiger partial charge < -0.3 is 24.0 Å². The third-order valence-corrected chi connectivity index (χ3v) is 6.82. The Morgan fingerprint density at radius 2 is 1.84 bits per heavy atom. The van der Waals surface area contributed by atoms with Crippen LogP contribution < -0.4 is 14.4 Å². The van der Waals surface area contributed by atoms with Crippen LogP contribution in [0.3, 0.4) is 0 Å². The van der Waals surface area contributed by atoms with E-state index in [1.165, 1.54) is 0 Å². The molecule has 166 valence electrons. The summed E-state index contributed by atoms with van der Waals surface area (Å²) in [6.45, 7) is 4.67. The average Bonchev–Trinajstić information content (AvgIpc) is 3.30. The van der Waals surface area contributed by atoms with Gasteiger partial charge in [-0.15, -0.1) is 11.3 Å². The number of nitrogens with zero attached hydrogens (tertiary/aromatic N) is 2. The Hall–Kier alpha value is -3.03. The fraction of sp³-hybridized carbons (Fsp3) is 0.320. The molecule has 3 aromatic rings. The number of anilines is 1. The first-order chi connectivity index (χ1) is 15.7. The standard InChI is InChI=1S/C25H26N2O4S/c1-29-22-16-19(23-3-2-14-32-23)15-20-17-27(10-13-31-24(20)22)25(28)18-4-6-21(7-5-18)26-8-11-30-12-9-26/h2-7,14-16H,8-13,17H2,1H3. The van der Waals surface area contributed by atoms with Gasteiger partial charge in [0.05, 0.1) is 26.9 Å². The number of morpholine rings is 1. The molecule has 5 rings (SSSR count). The van der Waals surface area contributed by atoms with Crippen LogP contribution in [0.4, 0.5) is 5.69 Å². The quantitative estimate of drug-likeness (QED) is 0.593. The van der Waals surface area contributed by atoms with Crippen molar-refractivity contribution in [2.45, 2.75) is 6.54 Å². The number of fused-ring (bicyclic) bond motifs is 1. The molecule has 2 aliphatic heterocycles. The number of hydrogen-bond acceptors (Lipinski definition) is 6. The number of rotatable bonds is 4. The summed E-state index contributed by atoms with van der Waals surface area (Å²) in [5, 5.41) is 2.06. The van der Waals surface area contributed by atoms with Gasteiger partial charge in [-0.05, 0) is 53.4 Å². The first kappa shape index (κ1) is 20.8. The molecule has 0 radical (unpaired) electrons. The van der Waals surface area contributed by atoms with Crippen molar-refractivity contribution in [3.8, 4) is 21.9 Å². The second-order valence-electron chi connectivity index (χ2n) is 7.87. The summed E-state index contributed by atoms with van der Waals surface area (Å²) in [6.07, 6.45) is 0. The summed E-state index contributed by atoms with van der Waals surface area (Å²) in [6, 6.07) is 16.1. The third kappa shape index (κ3) is 4.18. The van der Waals surface area contributed by atoms with Crippen LogP contribution in [0, 0.1) is 0 Å². The molecule has 0 saturated carbocycles. The second kappa shape index (κ2) is 9.22. The van der Waals surface area contributed by atoms with Gasteiger partial charge >= 0.3 is 0 Å². The van der Waals surface area contributed by atoms with Crippen LogP contribution in [0.5, 0.6) is 11.5 Å². The minimum Gasteiger partial charge on any atom is -0.493 e. The molecule has 1 amide bonds. The highest BCUT2D eigenvalue weighted by atomic mass is 32.1. The molecule has 1 fully saturated rings. The van der Waals surface area contributed by atoms with Crippen LogP contribution in [0.2, 0.25) is 0 Å². The fourth-order valence-corrected chi connectivity index (χ4v) is 4.93. The average molecular weight is 451 g/mol. The maximum atomic E-state index is 13.3. The van der Waals surface area contributed by atoms with Crippen LogP contribution in [0.15, 0.2) is 53.9 Å². The van der Waals surface area contributed by atoms with Crippen LogP contribution in [-0.4, -0.2) is 57.4 Å². The van der Waals surface area contributed by atoms with E-state index in [1.807, 2.05) is 41.3 Å². The van der Waals surface area contributed by atoms with Crippen LogP contribution in [0.25, 0.3) is 10.4 Å². The number of carbonyl (C=O) groups excluding carboxylic acids is 1. The van der Waals surface area contributed by atoms with Crippen molar-refractivity contribution in [1.82, 2.24) is 4.90 Å². The number of methoxy groups -OCH3 is 1. The van der Waals surface area contributed by atoms with Gasteiger partial charge in [0.1, 0.15) is 6.61 Å². The molecule has 0 spiro atoms. The molecule has 1 aromatic heterocycles. The molecule has 3 heterocycles. The first-order valence-electron chi connectivity index (χ1n) is 10.8. The zero-order chi connectivity index (χ0) is 21.9. The van der Waals surface area contributed by atoms with Gasteiger partial charge in [0.2, 0.25) is 0 Å². The molecule has 7 heteroatoms. The molecular formula is C25H26N2O4S. The molecule has 0 unspecified atom stereocenters. The van der Waals surface area contributed by atoms with Crippen molar-refractivity contribution >= 4 is 22.9 Å². The van der Waals surface area contributed by atoms with Crippen molar-refractivity contribution in [3.63, 3.8) is 0 Å². The molecule has 2 aromatic carbocycles. The first-order valence-corrected chi connectivity index (χ1v) is 11.7. The summed E-state index contributed by atoms with van der Waals surface area (Å²) in [5.74, 6) is 1.44. The lowest BCUT2D eigenvalue weighted by atomic mass is 10.1. The van der Waals surface area contributed by atoms with Crippen molar-refractivity contribution in [1.29, 1.82) is 0 Å². The Balaban J connectivity index is 1.39. The number of amides is 1. The number of carbonyl (C=O) groups is 1. The third-order valence-electron chi connectivity index (χ3n) is 5.90. The molecule has 6 nitrogen and oxygen atoms in total. The Labute approximate surface area is 191 Å². The van der Waals surface area contributed by atoms with E-state index < -0.39 is 0 Å². The van der Waals surface area contributed by atoms with E-state index in [0.717, 1.165) is 53.7 Å². The van der Waals surface area contributed by atoms with Gasteiger partial charge in [-0.1, -0.05) is 6.07 Å². The normalized spacial score (nSPS) is 16.2. The number of ether oxygens (including phenoxy) is 3. The van der Waals surface area contributed by atoms with E-state index in [4.69, 9.17) is 14.2 Å². The van der Waals surface area contributed by atoms with Gasteiger partial charge in [-0.25, -0.2) is 0 Å². The zero-order valence-electron chi connectivity index (χ0n) is 18.1. The topological polar surface area (TPSA) is 51.2 Å². The Morgan fingerprint density at radius 3 is 2.56 bits per heavy atom. The molecule has 0 N–H and O–H groups in total. The van der Waals surface area contributed by atoms with Crippen LogP contribution >= 0.6 is 11.3 Å². The van der Waals surface area contributed by atoms with Gasteiger partial charge in [0, 0.05) is 41.3 Å². The van der Waals surface area contributed by atoms with E-state index in [-0.39, 0.29) is 5.91 Å².